The molecule has 0 heterocycles. The zero-order chi connectivity index (χ0) is 13.6. The number of anilines is 1. The molecule has 1 amide bonds. The minimum Gasteiger partial charge on any atom is -0.399 e. The van der Waals surface area contributed by atoms with Crippen LogP contribution >= 0.6 is 0 Å². The molecule has 1 aromatic rings. The lowest BCUT2D eigenvalue weighted by Gasteiger charge is -2.06. The summed E-state index contributed by atoms with van der Waals surface area (Å²) in [7, 11) is -1.94. The van der Waals surface area contributed by atoms with Gasteiger partial charge in [0.05, 0.1) is 5.75 Å². The zero-order valence-electron chi connectivity index (χ0n) is 10.1. The first-order chi connectivity index (χ1) is 8.43. The zero-order valence-corrected chi connectivity index (χ0v) is 11.0. The highest BCUT2D eigenvalue weighted by atomic mass is 32.2. The third-order valence-corrected chi connectivity index (χ3v) is 3.62. The Morgan fingerprint density at radius 3 is 2.72 bits per heavy atom. The molecule has 0 aromatic heterocycles. The van der Waals surface area contributed by atoms with Crippen LogP contribution in [0, 0.1) is 0 Å². The summed E-state index contributed by atoms with van der Waals surface area (Å²) in [6.07, 6.45) is 0.118. The van der Waals surface area contributed by atoms with Crippen LogP contribution in [0.3, 0.4) is 0 Å². The average molecular weight is 271 g/mol. The summed E-state index contributed by atoms with van der Waals surface area (Å²) in [5.74, 6) is -0.354. The topological polar surface area (TPSA) is 101 Å². The van der Waals surface area contributed by atoms with E-state index in [2.05, 4.69) is 10.0 Å². The molecule has 0 fully saturated rings. The molecule has 0 atom stereocenters. The lowest BCUT2D eigenvalue weighted by atomic mass is 10.2. The van der Waals surface area contributed by atoms with Gasteiger partial charge in [-0.25, -0.2) is 13.1 Å². The molecule has 0 aliphatic rings. The SMILES string of the molecule is CNC(=O)CCNS(=O)(=O)Cc1cccc(N)c1. The highest BCUT2D eigenvalue weighted by molar-refractivity contribution is 7.88. The Balaban J connectivity index is 2.52. The van der Waals surface area contributed by atoms with Gasteiger partial charge in [0.1, 0.15) is 0 Å². The van der Waals surface area contributed by atoms with E-state index >= 15 is 0 Å². The summed E-state index contributed by atoms with van der Waals surface area (Å²) in [6.45, 7) is 0.0876. The molecule has 7 heteroatoms. The van der Waals surface area contributed by atoms with Gasteiger partial charge in [-0.2, -0.15) is 0 Å². The Labute approximate surface area is 107 Å². The quantitative estimate of drug-likeness (QED) is 0.625. The van der Waals surface area contributed by atoms with Crippen LogP contribution in [0.1, 0.15) is 12.0 Å². The van der Waals surface area contributed by atoms with Crippen molar-refractivity contribution >= 4 is 21.6 Å². The number of sulfonamides is 1. The van der Waals surface area contributed by atoms with Gasteiger partial charge < -0.3 is 11.1 Å². The van der Waals surface area contributed by atoms with Crippen molar-refractivity contribution in [2.45, 2.75) is 12.2 Å². The van der Waals surface area contributed by atoms with Crippen LogP contribution in [0.5, 0.6) is 0 Å². The predicted octanol–water partition coefficient (Wildman–Crippen LogP) is -0.176. The second kappa shape index (κ2) is 6.36. The minimum atomic E-state index is -3.44. The molecule has 18 heavy (non-hydrogen) atoms. The maximum Gasteiger partial charge on any atom is 0.221 e. The van der Waals surface area contributed by atoms with Crippen molar-refractivity contribution in [3.63, 3.8) is 0 Å². The monoisotopic (exact) mass is 271 g/mol. The van der Waals surface area contributed by atoms with Gasteiger partial charge in [0.15, 0.2) is 0 Å². The Morgan fingerprint density at radius 1 is 1.39 bits per heavy atom. The third kappa shape index (κ3) is 5.15. The molecule has 0 radical (unpaired) electrons. The molecule has 1 rings (SSSR count). The summed E-state index contributed by atoms with van der Waals surface area (Å²) >= 11 is 0. The van der Waals surface area contributed by atoms with Crippen molar-refractivity contribution in [2.75, 3.05) is 19.3 Å². The van der Waals surface area contributed by atoms with Gasteiger partial charge in [-0.3, -0.25) is 4.79 Å². The van der Waals surface area contributed by atoms with Crippen molar-refractivity contribution in [1.82, 2.24) is 10.0 Å². The van der Waals surface area contributed by atoms with E-state index in [4.69, 9.17) is 5.73 Å². The largest absolute Gasteiger partial charge is 0.399 e. The highest BCUT2D eigenvalue weighted by Gasteiger charge is 2.11. The van der Waals surface area contributed by atoms with Crippen LogP contribution in [-0.2, 0) is 20.6 Å². The van der Waals surface area contributed by atoms with E-state index < -0.39 is 10.0 Å². The second-order valence-electron chi connectivity index (χ2n) is 3.82. The summed E-state index contributed by atoms with van der Waals surface area (Å²) in [5, 5.41) is 2.42. The Morgan fingerprint density at radius 2 is 2.11 bits per heavy atom. The Hall–Kier alpha value is -1.60. The highest BCUT2D eigenvalue weighted by Crippen LogP contribution is 2.09. The van der Waals surface area contributed by atoms with Crippen molar-refractivity contribution in [2.24, 2.45) is 0 Å². The first-order valence-corrected chi connectivity index (χ1v) is 7.10. The van der Waals surface area contributed by atoms with Gasteiger partial charge >= 0.3 is 0 Å². The van der Waals surface area contributed by atoms with Crippen molar-refractivity contribution in [1.29, 1.82) is 0 Å². The third-order valence-electron chi connectivity index (χ3n) is 2.26. The maximum atomic E-state index is 11.7. The number of amides is 1. The van der Waals surface area contributed by atoms with Crippen LogP contribution in [0.25, 0.3) is 0 Å². The summed E-state index contributed by atoms with van der Waals surface area (Å²) in [4.78, 5) is 10.9. The first-order valence-electron chi connectivity index (χ1n) is 5.45. The Bertz CT molecular complexity index is 514. The summed E-state index contributed by atoms with van der Waals surface area (Å²) in [6, 6.07) is 6.69. The molecule has 0 bridgehead atoms. The number of nitrogens with one attached hydrogen (secondary N) is 2. The molecule has 1 aromatic carbocycles. The number of carbonyl (C=O) groups is 1. The van der Waals surface area contributed by atoms with Crippen LogP contribution in [0.15, 0.2) is 24.3 Å². The van der Waals surface area contributed by atoms with Crippen molar-refractivity contribution < 1.29 is 13.2 Å². The van der Waals surface area contributed by atoms with E-state index in [1.165, 1.54) is 7.05 Å². The molecule has 0 unspecified atom stereocenters. The van der Waals surface area contributed by atoms with Crippen LogP contribution in [-0.4, -0.2) is 27.9 Å². The van der Waals surface area contributed by atoms with E-state index in [0.717, 1.165) is 0 Å². The number of benzene rings is 1. The van der Waals surface area contributed by atoms with E-state index in [0.29, 0.717) is 11.3 Å². The van der Waals surface area contributed by atoms with E-state index in [1.807, 2.05) is 0 Å². The predicted molar refractivity (Wildman–Crippen MR) is 70.2 cm³/mol. The standard InChI is InChI=1S/C11H17N3O3S/c1-13-11(15)5-6-14-18(16,17)8-9-3-2-4-10(12)7-9/h2-4,7,14H,5-6,8,12H2,1H3,(H,13,15). The molecule has 0 aliphatic carbocycles. The average Bonchev–Trinajstić information content (AvgIpc) is 2.27. The van der Waals surface area contributed by atoms with Crippen LogP contribution in [0.4, 0.5) is 5.69 Å². The number of hydrogen-bond acceptors (Lipinski definition) is 4. The number of carbonyl (C=O) groups excluding carboxylic acids is 1. The fraction of sp³-hybridized carbons (Fsp3) is 0.364. The lowest BCUT2D eigenvalue weighted by molar-refractivity contribution is -0.120. The fourth-order valence-corrected chi connectivity index (χ4v) is 2.53. The molecule has 0 saturated carbocycles. The van der Waals surface area contributed by atoms with Gasteiger partial charge in [-0.15, -0.1) is 0 Å². The summed E-state index contributed by atoms with van der Waals surface area (Å²) in [5.41, 5.74) is 6.70. The van der Waals surface area contributed by atoms with Gasteiger partial charge in [-0.1, -0.05) is 12.1 Å². The van der Waals surface area contributed by atoms with E-state index in [-0.39, 0.29) is 24.6 Å². The van der Waals surface area contributed by atoms with E-state index in [1.54, 1.807) is 24.3 Å². The number of rotatable bonds is 6. The number of nitrogens with two attached hydrogens (primary N) is 1. The van der Waals surface area contributed by atoms with Gasteiger partial charge in [0.2, 0.25) is 15.9 Å². The van der Waals surface area contributed by atoms with Crippen LogP contribution in [0.2, 0.25) is 0 Å². The van der Waals surface area contributed by atoms with Gasteiger partial charge in [0, 0.05) is 25.7 Å². The van der Waals surface area contributed by atoms with Gasteiger partial charge in [0.25, 0.3) is 0 Å². The smallest absolute Gasteiger partial charge is 0.221 e. The molecule has 6 nitrogen and oxygen atoms in total. The molecule has 0 spiro atoms. The van der Waals surface area contributed by atoms with Crippen molar-refractivity contribution in [3.8, 4) is 0 Å². The van der Waals surface area contributed by atoms with Gasteiger partial charge in [-0.05, 0) is 17.7 Å². The minimum absolute atomic E-state index is 0.0876. The number of hydrogen-bond donors (Lipinski definition) is 3. The molecular formula is C11H17N3O3S. The van der Waals surface area contributed by atoms with Crippen molar-refractivity contribution in [3.05, 3.63) is 29.8 Å². The molecular weight excluding hydrogens is 254 g/mol. The first kappa shape index (κ1) is 14.5. The molecule has 4 N–H and O–H groups in total. The maximum absolute atomic E-state index is 11.7. The molecule has 100 valence electrons. The lowest BCUT2D eigenvalue weighted by Crippen LogP contribution is -2.30. The summed E-state index contributed by atoms with van der Waals surface area (Å²) < 4.78 is 25.8. The number of nitrogen functional groups attached to an aromatic ring is 1. The normalized spacial score (nSPS) is 11.2. The van der Waals surface area contributed by atoms with Crippen LogP contribution < -0.4 is 15.8 Å². The van der Waals surface area contributed by atoms with E-state index in [9.17, 15) is 13.2 Å². The fourth-order valence-electron chi connectivity index (χ4n) is 1.40. The molecule has 0 saturated heterocycles. The molecule has 0 aliphatic heterocycles. The Kier molecular flexibility index (Phi) is 5.11. The second-order valence-corrected chi connectivity index (χ2v) is 5.63.